The van der Waals surface area contributed by atoms with Crippen molar-refractivity contribution in [2.75, 3.05) is 6.61 Å². The molecule has 0 aliphatic heterocycles. The van der Waals surface area contributed by atoms with Crippen LogP contribution >= 0.6 is 0 Å². The van der Waals surface area contributed by atoms with Crippen LogP contribution in [-0.4, -0.2) is 12.1 Å². The Hall–Kier alpha value is -1.44. The summed E-state index contributed by atoms with van der Waals surface area (Å²) in [5.74, 6) is -0.419. The van der Waals surface area contributed by atoms with Crippen LogP contribution in [0.2, 0.25) is 0 Å². The summed E-state index contributed by atoms with van der Waals surface area (Å²) in [6.45, 7) is 4.73. The summed E-state index contributed by atoms with van der Waals surface area (Å²) >= 11 is 0. The van der Waals surface area contributed by atoms with Gasteiger partial charge in [0.2, 0.25) is 0 Å². The number of halogens is 1. The predicted octanol–water partition coefficient (Wildman–Crippen LogP) is 2.73. The molecule has 0 aromatic heterocycles. The maximum atomic E-state index is 13.2. The van der Waals surface area contributed by atoms with E-state index >= 15 is 0 Å². The van der Waals surface area contributed by atoms with E-state index in [-0.39, 0.29) is 12.1 Å². The molecule has 0 unspecified atom stereocenters. The second-order valence-electron chi connectivity index (χ2n) is 4.52. The third kappa shape index (κ3) is 4.10. The lowest BCUT2D eigenvalue weighted by molar-refractivity contribution is 0.0695. The van der Waals surface area contributed by atoms with Crippen molar-refractivity contribution < 1.29 is 9.13 Å². The van der Waals surface area contributed by atoms with Gasteiger partial charge in [0.05, 0.1) is 24.8 Å². The molecule has 1 aromatic carbocycles. The molecule has 2 N–H and O–H groups in total. The SMILES string of the molecule is CCC(N)(CC)COCc1cc(F)cc(C#N)c1. The van der Waals surface area contributed by atoms with Gasteiger partial charge in [-0.3, -0.25) is 0 Å². The smallest absolute Gasteiger partial charge is 0.124 e. The van der Waals surface area contributed by atoms with Crippen LogP contribution in [0.4, 0.5) is 4.39 Å². The van der Waals surface area contributed by atoms with Gasteiger partial charge in [-0.1, -0.05) is 13.8 Å². The van der Waals surface area contributed by atoms with Crippen molar-refractivity contribution in [3.05, 3.63) is 35.1 Å². The Morgan fingerprint density at radius 1 is 1.33 bits per heavy atom. The van der Waals surface area contributed by atoms with Gasteiger partial charge in [0.25, 0.3) is 0 Å². The van der Waals surface area contributed by atoms with Crippen LogP contribution in [0.5, 0.6) is 0 Å². The average Bonchev–Trinajstić information content (AvgIpc) is 2.37. The van der Waals surface area contributed by atoms with Crippen LogP contribution in [-0.2, 0) is 11.3 Å². The minimum atomic E-state index is -0.419. The van der Waals surface area contributed by atoms with E-state index in [1.54, 1.807) is 6.07 Å². The van der Waals surface area contributed by atoms with Gasteiger partial charge >= 0.3 is 0 Å². The fourth-order valence-electron chi connectivity index (χ4n) is 1.62. The fourth-order valence-corrected chi connectivity index (χ4v) is 1.62. The Morgan fingerprint density at radius 3 is 2.56 bits per heavy atom. The molecule has 0 heterocycles. The number of ether oxygens (including phenoxy) is 1. The molecule has 4 heteroatoms. The molecule has 0 amide bonds. The zero-order valence-electron chi connectivity index (χ0n) is 10.9. The first kappa shape index (κ1) is 14.6. The number of nitrogens with zero attached hydrogens (tertiary/aromatic N) is 1. The van der Waals surface area contributed by atoms with Crippen molar-refractivity contribution in [1.82, 2.24) is 0 Å². The average molecular weight is 250 g/mol. The molecule has 0 saturated heterocycles. The van der Waals surface area contributed by atoms with Crippen molar-refractivity contribution in [2.45, 2.75) is 38.8 Å². The molecule has 1 aromatic rings. The van der Waals surface area contributed by atoms with Gasteiger partial charge in [-0.25, -0.2) is 4.39 Å². The third-order valence-corrected chi connectivity index (χ3v) is 3.15. The molecule has 0 fully saturated rings. The lowest BCUT2D eigenvalue weighted by Gasteiger charge is -2.26. The molecule has 0 bridgehead atoms. The lowest BCUT2D eigenvalue weighted by Crippen LogP contribution is -2.43. The highest BCUT2D eigenvalue weighted by atomic mass is 19.1. The monoisotopic (exact) mass is 250 g/mol. The van der Waals surface area contributed by atoms with E-state index in [1.165, 1.54) is 12.1 Å². The minimum absolute atomic E-state index is 0.269. The molecule has 0 spiro atoms. The van der Waals surface area contributed by atoms with Crippen LogP contribution in [0.15, 0.2) is 18.2 Å². The number of hydrogen-bond acceptors (Lipinski definition) is 3. The highest BCUT2D eigenvalue weighted by molar-refractivity contribution is 5.33. The van der Waals surface area contributed by atoms with E-state index in [2.05, 4.69) is 0 Å². The van der Waals surface area contributed by atoms with Gasteiger partial charge in [0.1, 0.15) is 5.82 Å². The fraction of sp³-hybridized carbons (Fsp3) is 0.500. The van der Waals surface area contributed by atoms with Gasteiger partial charge < -0.3 is 10.5 Å². The van der Waals surface area contributed by atoms with Crippen molar-refractivity contribution >= 4 is 0 Å². The van der Waals surface area contributed by atoms with Gasteiger partial charge in [-0.15, -0.1) is 0 Å². The van der Waals surface area contributed by atoms with Crippen molar-refractivity contribution in [3.8, 4) is 6.07 Å². The predicted molar refractivity (Wildman–Crippen MR) is 68.3 cm³/mol. The highest BCUT2D eigenvalue weighted by Crippen LogP contribution is 2.14. The first-order valence-corrected chi connectivity index (χ1v) is 6.09. The van der Waals surface area contributed by atoms with E-state index in [1.807, 2.05) is 19.9 Å². The highest BCUT2D eigenvalue weighted by Gasteiger charge is 2.20. The third-order valence-electron chi connectivity index (χ3n) is 3.15. The largest absolute Gasteiger partial charge is 0.375 e. The molecule has 0 aliphatic rings. The zero-order chi connectivity index (χ0) is 13.6. The van der Waals surface area contributed by atoms with E-state index in [0.29, 0.717) is 17.7 Å². The lowest BCUT2D eigenvalue weighted by atomic mass is 9.96. The summed E-state index contributed by atoms with van der Waals surface area (Å²) in [4.78, 5) is 0. The molecule has 0 atom stereocenters. The topological polar surface area (TPSA) is 59.0 Å². The van der Waals surface area contributed by atoms with Gasteiger partial charge in [-0.05, 0) is 36.6 Å². The van der Waals surface area contributed by atoms with E-state index in [4.69, 9.17) is 15.7 Å². The molecule has 18 heavy (non-hydrogen) atoms. The minimum Gasteiger partial charge on any atom is -0.375 e. The van der Waals surface area contributed by atoms with Gasteiger partial charge in [0, 0.05) is 5.54 Å². The van der Waals surface area contributed by atoms with Crippen molar-refractivity contribution in [1.29, 1.82) is 5.26 Å². The number of benzene rings is 1. The molecule has 0 aliphatic carbocycles. The van der Waals surface area contributed by atoms with E-state index in [9.17, 15) is 4.39 Å². The standard InChI is InChI=1S/C14H19FN2O/c1-3-14(17,4-2)10-18-9-12-5-11(8-16)6-13(15)7-12/h5-7H,3-4,9-10,17H2,1-2H3. The van der Waals surface area contributed by atoms with Crippen LogP contribution < -0.4 is 5.73 Å². The second-order valence-corrected chi connectivity index (χ2v) is 4.52. The Labute approximate surface area is 107 Å². The van der Waals surface area contributed by atoms with Gasteiger partial charge in [-0.2, -0.15) is 5.26 Å². The summed E-state index contributed by atoms with van der Waals surface area (Å²) in [6.07, 6.45) is 1.66. The van der Waals surface area contributed by atoms with Crippen LogP contribution in [0, 0.1) is 17.1 Å². The summed E-state index contributed by atoms with van der Waals surface area (Å²) in [6, 6.07) is 6.12. The normalized spacial score (nSPS) is 11.3. The van der Waals surface area contributed by atoms with Crippen LogP contribution in [0.25, 0.3) is 0 Å². The molecule has 3 nitrogen and oxygen atoms in total. The molecular weight excluding hydrogens is 231 g/mol. The zero-order valence-corrected chi connectivity index (χ0v) is 10.9. The quantitative estimate of drug-likeness (QED) is 0.844. The summed E-state index contributed by atoms with van der Waals surface area (Å²) in [5.41, 5.74) is 6.73. The Balaban J connectivity index is 2.59. The second kappa shape index (κ2) is 6.48. The number of rotatable bonds is 6. The van der Waals surface area contributed by atoms with Crippen LogP contribution in [0.3, 0.4) is 0 Å². The van der Waals surface area contributed by atoms with E-state index < -0.39 is 5.82 Å². The molecule has 0 radical (unpaired) electrons. The van der Waals surface area contributed by atoms with Gasteiger partial charge in [0.15, 0.2) is 0 Å². The molecule has 0 saturated carbocycles. The Morgan fingerprint density at radius 2 is 2.00 bits per heavy atom. The number of hydrogen-bond donors (Lipinski definition) is 1. The molecule has 98 valence electrons. The number of nitrogens with two attached hydrogens (primary N) is 1. The first-order chi connectivity index (χ1) is 8.53. The first-order valence-electron chi connectivity index (χ1n) is 6.09. The summed E-state index contributed by atoms with van der Waals surface area (Å²) in [5, 5.41) is 8.74. The van der Waals surface area contributed by atoms with E-state index in [0.717, 1.165) is 12.8 Å². The molecule has 1 rings (SSSR count). The summed E-state index contributed by atoms with van der Waals surface area (Å²) < 4.78 is 18.7. The Bertz CT molecular complexity index is 436. The van der Waals surface area contributed by atoms with Crippen molar-refractivity contribution in [2.24, 2.45) is 5.73 Å². The maximum absolute atomic E-state index is 13.2. The van der Waals surface area contributed by atoms with Crippen LogP contribution in [0.1, 0.15) is 37.8 Å². The number of nitriles is 1. The summed E-state index contributed by atoms with van der Waals surface area (Å²) in [7, 11) is 0. The Kier molecular flexibility index (Phi) is 5.26. The van der Waals surface area contributed by atoms with Crippen molar-refractivity contribution in [3.63, 3.8) is 0 Å². The maximum Gasteiger partial charge on any atom is 0.124 e. The molecular formula is C14H19FN2O.